The van der Waals surface area contributed by atoms with Crippen LogP contribution in [0.4, 0.5) is 4.79 Å². The van der Waals surface area contributed by atoms with Crippen molar-refractivity contribution in [2.45, 2.75) is 63.2 Å². The van der Waals surface area contributed by atoms with Gasteiger partial charge in [0.25, 0.3) is 10.1 Å². The molecule has 0 unspecified atom stereocenters. The second-order valence-electron chi connectivity index (χ2n) is 7.72. The van der Waals surface area contributed by atoms with Gasteiger partial charge < -0.3 is 9.47 Å². The monoisotopic (exact) mass is 413 g/mol. The maximum atomic E-state index is 12.5. The van der Waals surface area contributed by atoms with Crippen molar-refractivity contribution in [3.05, 3.63) is 29.8 Å². The molecular formula is C19H27NO7S. The molecule has 0 aromatic heterocycles. The van der Waals surface area contributed by atoms with Gasteiger partial charge in [-0.15, -0.1) is 0 Å². The lowest BCUT2D eigenvalue weighted by Crippen LogP contribution is -2.53. The Morgan fingerprint density at radius 2 is 1.75 bits per heavy atom. The number of carbonyl (C=O) groups is 2. The molecule has 1 heterocycles. The van der Waals surface area contributed by atoms with Crippen molar-refractivity contribution in [1.29, 1.82) is 0 Å². The van der Waals surface area contributed by atoms with E-state index in [1.165, 1.54) is 24.1 Å². The van der Waals surface area contributed by atoms with Gasteiger partial charge in [-0.05, 0) is 46.2 Å². The van der Waals surface area contributed by atoms with Crippen LogP contribution in [0.25, 0.3) is 0 Å². The van der Waals surface area contributed by atoms with Crippen molar-refractivity contribution < 1.29 is 31.7 Å². The van der Waals surface area contributed by atoms with Gasteiger partial charge in [-0.2, -0.15) is 8.42 Å². The fourth-order valence-corrected chi connectivity index (χ4v) is 3.97. The van der Waals surface area contributed by atoms with Gasteiger partial charge in [0.2, 0.25) is 0 Å². The zero-order chi connectivity index (χ0) is 21.1. The van der Waals surface area contributed by atoms with Gasteiger partial charge in [-0.25, -0.2) is 9.59 Å². The highest BCUT2D eigenvalue weighted by Gasteiger charge is 2.40. The molecule has 0 radical (unpaired) electrons. The van der Waals surface area contributed by atoms with Crippen LogP contribution < -0.4 is 0 Å². The number of nitrogens with zero attached hydrogens (tertiary/aromatic N) is 1. The van der Waals surface area contributed by atoms with E-state index < -0.39 is 39.9 Å². The molecule has 1 amide bonds. The minimum Gasteiger partial charge on any atom is -0.467 e. The fraction of sp³-hybridized carbons (Fsp3) is 0.579. The van der Waals surface area contributed by atoms with E-state index >= 15 is 0 Å². The van der Waals surface area contributed by atoms with Gasteiger partial charge in [0.1, 0.15) is 11.6 Å². The molecule has 0 N–H and O–H groups in total. The highest BCUT2D eigenvalue weighted by Crippen LogP contribution is 2.26. The summed E-state index contributed by atoms with van der Waals surface area (Å²) < 4.78 is 40.5. The topological polar surface area (TPSA) is 99.2 Å². The van der Waals surface area contributed by atoms with Crippen LogP contribution in [0.3, 0.4) is 0 Å². The van der Waals surface area contributed by atoms with Crippen LogP contribution in [0.15, 0.2) is 29.2 Å². The molecule has 1 aliphatic heterocycles. The number of hydrogen-bond donors (Lipinski definition) is 0. The predicted molar refractivity (Wildman–Crippen MR) is 101 cm³/mol. The molecular weight excluding hydrogens is 386 g/mol. The number of ether oxygens (including phenoxy) is 2. The summed E-state index contributed by atoms with van der Waals surface area (Å²) in [4.78, 5) is 25.9. The quantitative estimate of drug-likeness (QED) is 0.553. The minimum atomic E-state index is -3.99. The summed E-state index contributed by atoms with van der Waals surface area (Å²) in [5.41, 5.74) is 0.204. The van der Waals surface area contributed by atoms with Gasteiger partial charge >= 0.3 is 12.1 Å². The summed E-state index contributed by atoms with van der Waals surface area (Å²) in [6.45, 7) is 7.14. The van der Waals surface area contributed by atoms with Crippen molar-refractivity contribution in [3.63, 3.8) is 0 Å². The molecule has 1 saturated heterocycles. The lowest BCUT2D eigenvalue weighted by atomic mass is 10.00. The number of likely N-dealkylation sites (tertiary alicyclic amines) is 1. The van der Waals surface area contributed by atoms with E-state index in [1.807, 2.05) is 6.92 Å². The Morgan fingerprint density at radius 1 is 1.14 bits per heavy atom. The molecule has 1 aromatic carbocycles. The van der Waals surface area contributed by atoms with E-state index in [1.54, 1.807) is 32.9 Å². The third-order valence-corrected chi connectivity index (χ3v) is 5.60. The Morgan fingerprint density at radius 3 is 2.29 bits per heavy atom. The molecule has 28 heavy (non-hydrogen) atoms. The normalized spacial score (nSPS) is 20.5. The van der Waals surface area contributed by atoms with E-state index in [4.69, 9.17) is 13.7 Å². The zero-order valence-corrected chi connectivity index (χ0v) is 17.6. The predicted octanol–water partition coefficient (Wildman–Crippen LogP) is 2.64. The Labute approximate surface area is 165 Å². The number of aryl methyl sites for hydroxylation is 1. The summed E-state index contributed by atoms with van der Waals surface area (Å²) in [7, 11) is -2.77. The maximum absolute atomic E-state index is 12.5. The Hall–Kier alpha value is -2.13. The Bertz CT molecular complexity index is 812. The van der Waals surface area contributed by atoms with Gasteiger partial charge in [-0.3, -0.25) is 9.08 Å². The Kier molecular flexibility index (Phi) is 6.71. The van der Waals surface area contributed by atoms with Gasteiger partial charge in [0.05, 0.1) is 18.1 Å². The molecule has 156 valence electrons. The second-order valence-corrected chi connectivity index (χ2v) is 9.29. The smallest absolute Gasteiger partial charge is 0.411 e. The highest BCUT2D eigenvalue weighted by atomic mass is 32.2. The zero-order valence-electron chi connectivity index (χ0n) is 16.8. The van der Waals surface area contributed by atoms with Crippen molar-refractivity contribution in [2.75, 3.05) is 13.7 Å². The number of carbonyl (C=O) groups excluding carboxylic acids is 2. The van der Waals surface area contributed by atoms with Crippen LogP contribution >= 0.6 is 0 Å². The molecule has 2 rings (SSSR count). The first-order valence-corrected chi connectivity index (χ1v) is 10.4. The van der Waals surface area contributed by atoms with Crippen LogP contribution in [0, 0.1) is 6.92 Å². The first kappa shape index (κ1) is 22.2. The third kappa shape index (κ3) is 5.68. The number of methoxy groups -OCH3 is 1. The summed E-state index contributed by atoms with van der Waals surface area (Å²) in [5, 5.41) is 0. The lowest BCUT2D eigenvalue weighted by Gasteiger charge is -2.37. The molecule has 1 fully saturated rings. The first-order chi connectivity index (χ1) is 12.9. The Balaban J connectivity index is 2.14. The maximum Gasteiger partial charge on any atom is 0.411 e. The van der Waals surface area contributed by atoms with E-state index in [2.05, 4.69) is 0 Å². The molecule has 0 bridgehead atoms. The van der Waals surface area contributed by atoms with Crippen molar-refractivity contribution >= 4 is 22.2 Å². The minimum absolute atomic E-state index is 0.00297. The van der Waals surface area contributed by atoms with Crippen LogP contribution in [-0.2, 0) is 28.6 Å². The average Bonchev–Trinajstić information content (AvgIpc) is 2.59. The van der Waals surface area contributed by atoms with Crippen molar-refractivity contribution in [2.24, 2.45) is 0 Å². The number of benzene rings is 1. The number of esters is 1. The number of piperidine rings is 1. The van der Waals surface area contributed by atoms with E-state index in [0.29, 0.717) is 0 Å². The first-order valence-electron chi connectivity index (χ1n) is 9.00. The number of amides is 1. The van der Waals surface area contributed by atoms with Crippen molar-refractivity contribution in [3.8, 4) is 0 Å². The molecule has 0 aliphatic carbocycles. The number of rotatable bonds is 4. The molecule has 1 aliphatic rings. The molecule has 0 spiro atoms. The van der Waals surface area contributed by atoms with E-state index in [9.17, 15) is 18.0 Å². The van der Waals surface area contributed by atoms with Gasteiger partial charge in [0, 0.05) is 13.0 Å². The summed E-state index contributed by atoms with van der Waals surface area (Å²) in [5.74, 6) is -0.646. The van der Waals surface area contributed by atoms with Gasteiger partial charge in [-0.1, -0.05) is 17.7 Å². The summed E-state index contributed by atoms with van der Waals surface area (Å²) >= 11 is 0. The largest absolute Gasteiger partial charge is 0.467 e. The van der Waals surface area contributed by atoms with Crippen LogP contribution in [0.5, 0.6) is 0 Å². The molecule has 8 nitrogen and oxygen atoms in total. The summed E-state index contributed by atoms with van der Waals surface area (Å²) in [6, 6.07) is 5.32. The molecule has 9 heteroatoms. The average molecular weight is 413 g/mol. The summed E-state index contributed by atoms with van der Waals surface area (Å²) in [6.07, 6.45) is -1.16. The molecule has 1 aromatic rings. The second kappa shape index (κ2) is 8.48. The van der Waals surface area contributed by atoms with E-state index in [0.717, 1.165) is 5.56 Å². The van der Waals surface area contributed by atoms with Crippen LogP contribution in [-0.4, -0.2) is 56.8 Å². The van der Waals surface area contributed by atoms with Crippen LogP contribution in [0.2, 0.25) is 0 Å². The highest BCUT2D eigenvalue weighted by molar-refractivity contribution is 7.86. The fourth-order valence-electron chi connectivity index (χ4n) is 2.86. The SMILES string of the molecule is COC(=O)[C@H]1C[C@H](OS(=O)(=O)c2ccc(C)cc2)CCN1C(=O)OC(C)(C)C. The van der Waals surface area contributed by atoms with Gasteiger partial charge in [0.15, 0.2) is 0 Å². The molecule has 2 atom stereocenters. The molecule has 0 saturated carbocycles. The number of hydrogen-bond acceptors (Lipinski definition) is 7. The third-order valence-electron chi connectivity index (χ3n) is 4.23. The lowest BCUT2D eigenvalue weighted by molar-refractivity contribution is -0.149. The van der Waals surface area contributed by atoms with E-state index in [-0.39, 0.29) is 24.3 Å². The standard InChI is InChI=1S/C19H27NO7S/c1-13-6-8-15(9-7-13)28(23,24)27-14-10-11-20(16(12-14)17(21)25-5)18(22)26-19(2,3)4/h6-9,14,16H,10-12H2,1-5H3/t14-,16-/m1/s1. The van der Waals surface area contributed by atoms with Crippen LogP contribution in [0.1, 0.15) is 39.2 Å². The van der Waals surface area contributed by atoms with Crippen molar-refractivity contribution in [1.82, 2.24) is 4.90 Å².